The highest BCUT2D eigenvalue weighted by molar-refractivity contribution is 6.35. The van der Waals surface area contributed by atoms with Gasteiger partial charge in [0.2, 0.25) is 18.2 Å². The van der Waals surface area contributed by atoms with Crippen molar-refractivity contribution in [2.75, 3.05) is 0 Å². The standard InChI is InChI=1S/C25H35F2N3O7/c1-5-15(4)20(30-25(36)37-13-16-9-7-6-8-10-16)23(33)29-18(11-14(2)3)22(32)28-17(12-19(26)27)21(31)24(34)35/h6-10,14-15,17-20H,5,11-13H2,1-4H3,(H,28,32)(H,29,33)(H,30,36)(H,34,35). The first kappa shape index (κ1) is 31.5. The van der Waals surface area contributed by atoms with Crippen molar-refractivity contribution in [1.29, 1.82) is 0 Å². The second-order valence-electron chi connectivity index (χ2n) is 9.12. The molecule has 0 aliphatic heterocycles. The lowest BCUT2D eigenvalue weighted by atomic mass is 9.96. The van der Waals surface area contributed by atoms with Gasteiger partial charge in [-0.2, -0.15) is 0 Å². The maximum Gasteiger partial charge on any atom is 0.408 e. The van der Waals surface area contributed by atoms with Gasteiger partial charge in [0.05, 0.1) is 0 Å². The maximum atomic E-state index is 13.1. The number of halogens is 2. The summed E-state index contributed by atoms with van der Waals surface area (Å²) in [7, 11) is 0. The van der Waals surface area contributed by atoms with Gasteiger partial charge in [0, 0.05) is 6.42 Å². The lowest BCUT2D eigenvalue weighted by Gasteiger charge is -2.27. The average Bonchev–Trinajstić information content (AvgIpc) is 2.84. The van der Waals surface area contributed by atoms with E-state index in [1.807, 2.05) is 11.4 Å². The molecule has 0 radical (unpaired) electrons. The molecule has 0 aliphatic rings. The molecule has 0 spiro atoms. The van der Waals surface area contributed by atoms with Crippen molar-refractivity contribution >= 4 is 29.7 Å². The smallest absolute Gasteiger partial charge is 0.408 e. The van der Waals surface area contributed by atoms with E-state index in [-0.39, 0.29) is 24.9 Å². The number of alkyl carbamates (subject to hydrolysis) is 1. The molecule has 12 heteroatoms. The number of nitrogens with one attached hydrogen (secondary N) is 3. The molecule has 1 rings (SSSR count). The highest BCUT2D eigenvalue weighted by atomic mass is 19.3. The second-order valence-corrected chi connectivity index (χ2v) is 9.12. The van der Waals surface area contributed by atoms with Crippen LogP contribution in [0.4, 0.5) is 13.6 Å². The SMILES string of the molecule is CCC(C)C(NC(=O)OCc1ccccc1)C(=O)NC(CC(C)C)C(=O)NC(CC(F)F)C(=O)C(=O)O. The van der Waals surface area contributed by atoms with E-state index in [1.54, 1.807) is 52.0 Å². The van der Waals surface area contributed by atoms with Crippen molar-refractivity contribution < 1.29 is 42.6 Å². The quantitative estimate of drug-likeness (QED) is 0.256. The number of hydrogen-bond donors (Lipinski definition) is 4. The molecular formula is C25H35F2N3O7. The number of aliphatic carboxylic acids is 1. The Hall–Kier alpha value is -3.57. The van der Waals surface area contributed by atoms with E-state index < -0.39 is 60.6 Å². The number of rotatable bonds is 15. The summed E-state index contributed by atoms with van der Waals surface area (Å²) in [6.07, 6.45) is -4.54. The summed E-state index contributed by atoms with van der Waals surface area (Å²) >= 11 is 0. The predicted octanol–water partition coefficient (Wildman–Crippen LogP) is 2.65. The third-order valence-corrected chi connectivity index (χ3v) is 5.58. The van der Waals surface area contributed by atoms with Crippen molar-refractivity contribution in [3.8, 4) is 0 Å². The molecule has 10 nitrogen and oxygen atoms in total. The van der Waals surface area contributed by atoms with Crippen LogP contribution in [0.3, 0.4) is 0 Å². The number of ketones is 1. The van der Waals surface area contributed by atoms with Gasteiger partial charge in [-0.25, -0.2) is 18.4 Å². The average molecular weight is 528 g/mol. The van der Waals surface area contributed by atoms with E-state index in [4.69, 9.17) is 9.84 Å². The van der Waals surface area contributed by atoms with Crippen molar-refractivity contribution in [2.45, 2.75) is 78.1 Å². The van der Waals surface area contributed by atoms with E-state index in [0.717, 1.165) is 5.56 Å². The Morgan fingerprint density at radius 2 is 1.49 bits per heavy atom. The van der Waals surface area contributed by atoms with Gasteiger partial charge < -0.3 is 25.8 Å². The van der Waals surface area contributed by atoms with Gasteiger partial charge in [-0.05, 0) is 23.8 Å². The summed E-state index contributed by atoms with van der Waals surface area (Å²) in [6, 6.07) is 4.56. The molecule has 0 heterocycles. The van der Waals surface area contributed by atoms with Gasteiger partial charge in [-0.1, -0.05) is 64.4 Å². The van der Waals surface area contributed by atoms with Crippen LogP contribution >= 0.6 is 0 Å². The molecule has 0 aromatic heterocycles. The van der Waals surface area contributed by atoms with Crippen LogP contribution in [0.15, 0.2) is 30.3 Å². The van der Waals surface area contributed by atoms with Crippen molar-refractivity contribution in [3.63, 3.8) is 0 Å². The summed E-state index contributed by atoms with van der Waals surface area (Å²) < 4.78 is 31.0. The van der Waals surface area contributed by atoms with E-state index >= 15 is 0 Å². The molecule has 0 saturated heterocycles. The fraction of sp³-hybridized carbons (Fsp3) is 0.560. The third-order valence-electron chi connectivity index (χ3n) is 5.58. The number of Topliss-reactive ketones (excluding diaryl/α,β-unsaturated/α-hetero) is 1. The lowest BCUT2D eigenvalue weighted by molar-refractivity contribution is -0.151. The molecule has 4 N–H and O–H groups in total. The summed E-state index contributed by atoms with van der Waals surface area (Å²) in [5, 5.41) is 15.9. The Labute approximate surface area is 214 Å². The number of hydrogen-bond acceptors (Lipinski definition) is 6. The molecular weight excluding hydrogens is 492 g/mol. The highest BCUT2D eigenvalue weighted by Crippen LogP contribution is 2.13. The molecule has 0 bridgehead atoms. The highest BCUT2D eigenvalue weighted by Gasteiger charge is 2.34. The number of carboxylic acids is 1. The Kier molecular flexibility index (Phi) is 13.2. The number of ether oxygens (including phenoxy) is 1. The predicted molar refractivity (Wildman–Crippen MR) is 130 cm³/mol. The molecule has 206 valence electrons. The van der Waals surface area contributed by atoms with Crippen molar-refractivity contribution in [2.24, 2.45) is 11.8 Å². The molecule has 4 atom stereocenters. The van der Waals surface area contributed by atoms with Gasteiger partial charge in [-0.3, -0.25) is 14.4 Å². The first-order valence-corrected chi connectivity index (χ1v) is 12.0. The minimum Gasteiger partial charge on any atom is -0.475 e. The first-order chi connectivity index (χ1) is 17.3. The van der Waals surface area contributed by atoms with Crippen LogP contribution in [-0.4, -0.2) is 59.3 Å². The van der Waals surface area contributed by atoms with Crippen LogP contribution < -0.4 is 16.0 Å². The largest absolute Gasteiger partial charge is 0.475 e. The number of carbonyl (C=O) groups excluding carboxylic acids is 4. The molecule has 1 aromatic rings. The van der Waals surface area contributed by atoms with Crippen molar-refractivity contribution in [1.82, 2.24) is 16.0 Å². The van der Waals surface area contributed by atoms with Gasteiger partial charge in [0.25, 0.3) is 5.78 Å². The Morgan fingerprint density at radius 3 is 2.00 bits per heavy atom. The molecule has 4 unspecified atom stereocenters. The molecule has 1 aromatic carbocycles. The number of benzene rings is 1. The number of amides is 3. The van der Waals surface area contributed by atoms with Gasteiger partial charge in [0.1, 0.15) is 24.7 Å². The van der Waals surface area contributed by atoms with Crippen LogP contribution in [0.2, 0.25) is 0 Å². The zero-order chi connectivity index (χ0) is 28.1. The van der Waals surface area contributed by atoms with E-state index in [9.17, 15) is 32.8 Å². The second kappa shape index (κ2) is 15.5. The van der Waals surface area contributed by atoms with Crippen LogP contribution in [0.25, 0.3) is 0 Å². The van der Waals surface area contributed by atoms with Gasteiger partial charge >= 0.3 is 12.1 Å². The first-order valence-electron chi connectivity index (χ1n) is 12.0. The Morgan fingerprint density at radius 1 is 0.892 bits per heavy atom. The van der Waals surface area contributed by atoms with E-state index in [0.29, 0.717) is 6.42 Å². The van der Waals surface area contributed by atoms with E-state index in [2.05, 4.69) is 10.6 Å². The van der Waals surface area contributed by atoms with Crippen LogP contribution in [0, 0.1) is 11.8 Å². The third kappa shape index (κ3) is 11.4. The minimum atomic E-state index is -3.05. The molecule has 0 saturated carbocycles. The zero-order valence-corrected chi connectivity index (χ0v) is 21.3. The fourth-order valence-electron chi connectivity index (χ4n) is 3.39. The van der Waals surface area contributed by atoms with Gasteiger partial charge in [0.15, 0.2) is 0 Å². The summed E-state index contributed by atoms with van der Waals surface area (Å²) in [5.41, 5.74) is 0.741. The number of alkyl halides is 2. The molecule has 0 aliphatic carbocycles. The fourth-order valence-corrected chi connectivity index (χ4v) is 3.39. The van der Waals surface area contributed by atoms with Gasteiger partial charge in [-0.15, -0.1) is 0 Å². The van der Waals surface area contributed by atoms with Crippen LogP contribution in [0.1, 0.15) is 52.5 Å². The Bertz CT molecular complexity index is 928. The maximum absolute atomic E-state index is 13.1. The minimum absolute atomic E-state index is 0.0248. The van der Waals surface area contributed by atoms with Crippen molar-refractivity contribution in [3.05, 3.63) is 35.9 Å². The molecule has 37 heavy (non-hydrogen) atoms. The molecule has 0 fully saturated rings. The zero-order valence-electron chi connectivity index (χ0n) is 21.3. The van der Waals surface area contributed by atoms with E-state index in [1.165, 1.54) is 0 Å². The monoisotopic (exact) mass is 527 g/mol. The lowest BCUT2D eigenvalue weighted by Crippen LogP contribution is -2.58. The number of carbonyl (C=O) groups is 5. The normalized spacial score (nSPS) is 14.3. The summed E-state index contributed by atoms with van der Waals surface area (Å²) in [5.74, 6) is -5.79. The topological polar surface area (TPSA) is 151 Å². The summed E-state index contributed by atoms with van der Waals surface area (Å²) in [4.78, 5) is 61.2. The van der Waals surface area contributed by atoms with Crippen LogP contribution in [-0.2, 0) is 30.5 Å². The Balaban J connectivity index is 2.98. The summed E-state index contributed by atoms with van der Waals surface area (Å²) in [6.45, 7) is 6.98. The molecule has 3 amide bonds. The van der Waals surface area contributed by atoms with Crippen LogP contribution in [0.5, 0.6) is 0 Å². The number of carboxylic acid groups (broad SMARTS) is 1.